The maximum absolute atomic E-state index is 11.6. The minimum Gasteiger partial charge on any atom is -0.478 e. The van der Waals surface area contributed by atoms with Crippen LogP contribution >= 0.6 is 22.6 Å². The van der Waals surface area contributed by atoms with Crippen LogP contribution in [0.3, 0.4) is 0 Å². The van der Waals surface area contributed by atoms with Crippen LogP contribution in [-0.2, 0) is 20.3 Å². The molecule has 0 saturated heterocycles. The monoisotopic (exact) mass is 598 g/mol. The maximum Gasteiger partial charge on any atom is 0.337 e. The molecule has 190 valence electrons. The number of benzene rings is 2. The molecule has 8 nitrogen and oxygen atoms in total. The first-order valence-electron chi connectivity index (χ1n) is 10.6. The van der Waals surface area contributed by atoms with E-state index in [0.717, 1.165) is 5.56 Å². The molecule has 2 aromatic rings. The Morgan fingerprint density at radius 3 is 1.23 bits per heavy atom. The van der Waals surface area contributed by atoms with Crippen LogP contribution in [0.4, 0.5) is 0 Å². The average Bonchev–Trinajstić information content (AvgIpc) is 2.76. The lowest BCUT2D eigenvalue weighted by atomic mass is 9.85. The van der Waals surface area contributed by atoms with Crippen molar-refractivity contribution in [3.05, 3.63) is 67.3 Å². The van der Waals surface area contributed by atoms with Crippen LogP contribution < -0.4 is 0 Å². The van der Waals surface area contributed by atoms with Gasteiger partial charge in [-0.15, -0.1) is 0 Å². The highest BCUT2D eigenvalue weighted by atomic mass is 127. The fraction of sp³-hybridized carbons (Fsp3) is 0.385. The molecule has 0 saturated carbocycles. The van der Waals surface area contributed by atoms with Gasteiger partial charge in [0.25, 0.3) is 0 Å². The van der Waals surface area contributed by atoms with E-state index in [9.17, 15) is 19.2 Å². The molecule has 0 radical (unpaired) electrons. The summed E-state index contributed by atoms with van der Waals surface area (Å²) in [5.41, 5.74) is 1.89. The van der Waals surface area contributed by atoms with Gasteiger partial charge >= 0.3 is 23.9 Å². The van der Waals surface area contributed by atoms with Crippen LogP contribution in [0, 0.1) is 3.57 Å². The zero-order chi connectivity index (χ0) is 27.3. The lowest BCUT2D eigenvalue weighted by molar-refractivity contribution is 0.0595. The van der Waals surface area contributed by atoms with Gasteiger partial charge in [0.05, 0.1) is 36.5 Å². The summed E-state index contributed by atoms with van der Waals surface area (Å²) >= 11 is 1.75. The fourth-order valence-corrected chi connectivity index (χ4v) is 3.67. The fourth-order valence-electron chi connectivity index (χ4n) is 2.90. The Balaban J connectivity index is 0.000000351. The highest BCUT2D eigenvalue weighted by molar-refractivity contribution is 14.1. The van der Waals surface area contributed by atoms with Gasteiger partial charge < -0.3 is 19.7 Å². The molecule has 0 fully saturated rings. The topological polar surface area (TPSA) is 127 Å². The number of carboxylic acids is 2. The van der Waals surface area contributed by atoms with E-state index in [1.807, 2.05) is 41.5 Å². The molecular formula is C26H31IO8. The zero-order valence-corrected chi connectivity index (χ0v) is 23.3. The summed E-state index contributed by atoms with van der Waals surface area (Å²) in [6.07, 6.45) is 0. The molecule has 0 aliphatic rings. The second kappa shape index (κ2) is 11.7. The molecule has 2 rings (SSSR count). The molecule has 0 amide bonds. The van der Waals surface area contributed by atoms with Crippen LogP contribution in [0.5, 0.6) is 0 Å². The quantitative estimate of drug-likeness (QED) is 0.347. The van der Waals surface area contributed by atoms with E-state index < -0.39 is 23.9 Å². The standard InChI is InChI=1S/C14H18O4.C12H13IO4/c1-14(2,3)11-7-9(12(15)17-4)6-10(8-11)13(16)18-5;1-12(2,3)6-4-7(10(14)15)9(13)8(5-6)11(16)17/h6-8H,1-5H3;4-5H,1-3H3,(H,14,15)(H,16,17). The predicted molar refractivity (Wildman–Crippen MR) is 140 cm³/mol. The summed E-state index contributed by atoms with van der Waals surface area (Å²) in [6, 6.07) is 8.02. The van der Waals surface area contributed by atoms with Crippen molar-refractivity contribution in [2.24, 2.45) is 0 Å². The van der Waals surface area contributed by atoms with Gasteiger partial charge in [-0.2, -0.15) is 0 Å². The molecule has 0 aliphatic carbocycles. The Morgan fingerprint density at radius 1 is 0.657 bits per heavy atom. The van der Waals surface area contributed by atoms with Gasteiger partial charge in [0.1, 0.15) is 0 Å². The van der Waals surface area contributed by atoms with E-state index in [1.165, 1.54) is 32.4 Å². The number of esters is 2. The molecule has 0 aromatic heterocycles. The third-order valence-electron chi connectivity index (χ3n) is 5.04. The van der Waals surface area contributed by atoms with Crippen molar-refractivity contribution < 1.29 is 38.9 Å². The molecule has 0 aliphatic heterocycles. The first-order chi connectivity index (χ1) is 15.9. The van der Waals surface area contributed by atoms with Gasteiger partial charge in [-0.05, 0) is 74.9 Å². The molecule has 0 unspecified atom stereocenters. The van der Waals surface area contributed by atoms with E-state index in [-0.39, 0.29) is 25.5 Å². The largest absolute Gasteiger partial charge is 0.478 e. The van der Waals surface area contributed by atoms with Crippen molar-refractivity contribution in [3.63, 3.8) is 0 Å². The summed E-state index contributed by atoms with van der Waals surface area (Å²) < 4.78 is 9.62. The minimum absolute atomic E-state index is 0.0374. The van der Waals surface area contributed by atoms with E-state index in [4.69, 9.17) is 10.2 Å². The van der Waals surface area contributed by atoms with Crippen molar-refractivity contribution in [1.29, 1.82) is 0 Å². The van der Waals surface area contributed by atoms with Crippen molar-refractivity contribution >= 4 is 46.5 Å². The SMILES string of the molecule is CC(C)(C)c1cc(C(=O)O)c(I)c(C(=O)O)c1.COC(=O)c1cc(C(=O)OC)cc(C(C)(C)C)c1. The third kappa shape index (κ3) is 8.05. The second-order valence-corrected chi connectivity index (χ2v) is 10.9. The normalized spacial score (nSPS) is 11.1. The Labute approximate surface area is 218 Å². The van der Waals surface area contributed by atoms with E-state index in [2.05, 4.69) is 9.47 Å². The first kappa shape index (κ1) is 30.1. The summed E-state index contributed by atoms with van der Waals surface area (Å²) in [4.78, 5) is 45.3. The number of carboxylic acid groups (broad SMARTS) is 2. The molecule has 0 atom stereocenters. The van der Waals surface area contributed by atoms with Gasteiger partial charge in [-0.25, -0.2) is 19.2 Å². The zero-order valence-electron chi connectivity index (χ0n) is 21.1. The predicted octanol–water partition coefficient (Wildman–Crippen LogP) is 5.54. The van der Waals surface area contributed by atoms with E-state index >= 15 is 0 Å². The summed E-state index contributed by atoms with van der Waals surface area (Å²) in [5.74, 6) is -3.15. The Hall–Kier alpha value is -2.95. The number of carbonyl (C=O) groups is 4. The van der Waals surface area contributed by atoms with Crippen LogP contribution in [0.2, 0.25) is 0 Å². The average molecular weight is 598 g/mol. The maximum atomic E-state index is 11.6. The first-order valence-corrected chi connectivity index (χ1v) is 11.6. The molecule has 2 N–H and O–H groups in total. The molecule has 2 aromatic carbocycles. The van der Waals surface area contributed by atoms with Gasteiger partial charge in [-0.1, -0.05) is 41.5 Å². The van der Waals surface area contributed by atoms with Crippen LogP contribution in [-0.4, -0.2) is 48.3 Å². The van der Waals surface area contributed by atoms with Crippen LogP contribution in [0.25, 0.3) is 0 Å². The number of hydrogen-bond acceptors (Lipinski definition) is 6. The molecule has 0 bridgehead atoms. The van der Waals surface area contributed by atoms with E-state index in [0.29, 0.717) is 16.7 Å². The van der Waals surface area contributed by atoms with Crippen molar-refractivity contribution in [3.8, 4) is 0 Å². The van der Waals surface area contributed by atoms with E-state index in [1.54, 1.807) is 34.7 Å². The lowest BCUT2D eigenvalue weighted by Gasteiger charge is -2.20. The third-order valence-corrected chi connectivity index (χ3v) is 6.20. The van der Waals surface area contributed by atoms with Gasteiger partial charge in [0.15, 0.2) is 0 Å². The van der Waals surface area contributed by atoms with Crippen molar-refractivity contribution in [1.82, 2.24) is 0 Å². The Bertz CT molecular complexity index is 1070. The number of methoxy groups -OCH3 is 2. The van der Waals surface area contributed by atoms with Gasteiger partial charge in [0, 0.05) is 3.57 Å². The van der Waals surface area contributed by atoms with Crippen molar-refractivity contribution in [2.75, 3.05) is 14.2 Å². The second-order valence-electron chi connectivity index (χ2n) is 9.78. The molecule has 35 heavy (non-hydrogen) atoms. The minimum atomic E-state index is -1.11. The number of ether oxygens (including phenoxy) is 2. The molecule has 0 spiro atoms. The number of carbonyl (C=O) groups excluding carboxylic acids is 2. The summed E-state index contributed by atoms with van der Waals surface area (Å²) in [6.45, 7) is 11.7. The van der Waals surface area contributed by atoms with Crippen LogP contribution in [0.15, 0.2) is 30.3 Å². The smallest absolute Gasteiger partial charge is 0.337 e. The molecule has 9 heteroatoms. The lowest BCUT2D eigenvalue weighted by Crippen LogP contribution is -2.16. The summed E-state index contributed by atoms with van der Waals surface area (Å²) in [7, 11) is 2.62. The highest BCUT2D eigenvalue weighted by Gasteiger charge is 2.23. The number of aromatic carboxylic acids is 2. The number of halogens is 1. The van der Waals surface area contributed by atoms with Crippen molar-refractivity contribution in [2.45, 2.75) is 52.4 Å². The summed E-state index contributed by atoms with van der Waals surface area (Å²) in [5, 5.41) is 18.1. The van der Waals surface area contributed by atoms with Gasteiger partial charge in [0.2, 0.25) is 0 Å². The Morgan fingerprint density at radius 2 is 0.971 bits per heavy atom. The Kier molecular flexibility index (Phi) is 10.0. The number of hydrogen-bond donors (Lipinski definition) is 2. The van der Waals surface area contributed by atoms with Crippen LogP contribution in [0.1, 0.15) is 94.1 Å². The number of rotatable bonds is 4. The molecular weight excluding hydrogens is 567 g/mol. The van der Waals surface area contributed by atoms with Gasteiger partial charge in [-0.3, -0.25) is 0 Å². The molecule has 0 heterocycles. The highest BCUT2D eigenvalue weighted by Crippen LogP contribution is 2.28.